The van der Waals surface area contributed by atoms with E-state index in [1.807, 2.05) is 24.3 Å². The molecule has 1 aromatic carbocycles. The van der Waals surface area contributed by atoms with E-state index in [0.29, 0.717) is 35.7 Å². The van der Waals surface area contributed by atoms with Gasteiger partial charge in [-0.3, -0.25) is 0 Å². The molecule has 0 spiro atoms. The van der Waals surface area contributed by atoms with Crippen molar-refractivity contribution < 1.29 is 17.7 Å². The van der Waals surface area contributed by atoms with Gasteiger partial charge in [-0.2, -0.15) is 0 Å². The predicted molar refractivity (Wildman–Crippen MR) is 91.1 cm³/mol. The molecule has 0 fully saturated rings. The van der Waals surface area contributed by atoms with Crippen LogP contribution >= 0.6 is 0 Å². The first-order valence-corrected chi connectivity index (χ1v) is 9.11. The maximum Gasteiger partial charge on any atom is 0.215 e. The zero-order valence-corrected chi connectivity index (χ0v) is 14.5. The van der Waals surface area contributed by atoms with Crippen LogP contribution in [0.2, 0.25) is 0 Å². The molecule has 0 radical (unpaired) electrons. The summed E-state index contributed by atoms with van der Waals surface area (Å²) in [7, 11) is -3.44. The summed E-state index contributed by atoms with van der Waals surface area (Å²) in [5, 5.41) is 3.77. The Balaban J connectivity index is 1.85. The Morgan fingerprint density at radius 3 is 2.58 bits per heavy atom. The van der Waals surface area contributed by atoms with E-state index >= 15 is 0 Å². The van der Waals surface area contributed by atoms with E-state index in [-0.39, 0.29) is 12.4 Å². The predicted octanol–water partition coefficient (Wildman–Crippen LogP) is 1.97. The molecule has 128 valence electrons. The maximum absolute atomic E-state index is 12.1. The fraction of sp³-hybridized carbons (Fsp3) is 0.353. The van der Waals surface area contributed by atoms with E-state index in [1.54, 1.807) is 13.8 Å². The van der Waals surface area contributed by atoms with Gasteiger partial charge >= 0.3 is 0 Å². The van der Waals surface area contributed by atoms with Gasteiger partial charge in [0, 0.05) is 12.1 Å². The van der Waals surface area contributed by atoms with Crippen molar-refractivity contribution in [3.63, 3.8) is 0 Å². The summed E-state index contributed by atoms with van der Waals surface area (Å²) in [5.41, 5.74) is 2.21. The summed E-state index contributed by atoms with van der Waals surface area (Å²) in [5.74, 6) is 3.48. The first kappa shape index (κ1) is 18.0. The Morgan fingerprint density at radius 2 is 2.00 bits per heavy atom. The third kappa shape index (κ3) is 5.11. The number of hydrogen-bond donors (Lipinski definition) is 1. The summed E-state index contributed by atoms with van der Waals surface area (Å²) in [6.07, 6.45) is 5.71. The molecule has 0 amide bonds. The van der Waals surface area contributed by atoms with Crippen molar-refractivity contribution in [2.75, 3.05) is 13.2 Å². The second kappa shape index (κ2) is 7.99. The highest BCUT2D eigenvalue weighted by atomic mass is 32.2. The number of ether oxygens (including phenoxy) is 1. The third-order valence-corrected chi connectivity index (χ3v) is 4.81. The van der Waals surface area contributed by atoms with Crippen molar-refractivity contribution in [3.05, 3.63) is 46.8 Å². The summed E-state index contributed by atoms with van der Waals surface area (Å²) in [4.78, 5) is 0. The fourth-order valence-corrected chi connectivity index (χ4v) is 3.48. The summed E-state index contributed by atoms with van der Waals surface area (Å²) in [6, 6.07) is 7.39. The highest BCUT2D eigenvalue weighted by molar-refractivity contribution is 7.88. The summed E-state index contributed by atoms with van der Waals surface area (Å²) < 4.78 is 37.2. The third-order valence-electron chi connectivity index (χ3n) is 3.50. The molecule has 2 aromatic rings. The Hall–Kier alpha value is -2.30. The minimum absolute atomic E-state index is 0.132. The zero-order valence-electron chi connectivity index (χ0n) is 13.7. The second-order valence-electron chi connectivity index (χ2n) is 5.34. The lowest BCUT2D eigenvalue weighted by Crippen LogP contribution is -2.27. The minimum atomic E-state index is -3.44. The highest BCUT2D eigenvalue weighted by Gasteiger charge is 2.18. The smallest absolute Gasteiger partial charge is 0.215 e. The summed E-state index contributed by atoms with van der Waals surface area (Å²) in [6.45, 7) is 3.97. The van der Waals surface area contributed by atoms with Gasteiger partial charge in [-0.05, 0) is 38.0 Å². The van der Waals surface area contributed by atoms with Gasteiger partial charge in [0.2, 0.25) is 10.0 Å². The molecule has 1 N–H and O–H groups in total. The molecule has 24 heavy (non-hydrogen) atoms. The van der Waals surface area contributed by atoms with E-state index < -0.39 is 10.0 Å². The van der Waals surface area contributed by atoms with Gasteiger partial charge < -0.3 is 9.26 Å². The number of terminal acetylenes is 1. The van der Waals surface area contributed by atoms with Crippen molar-refractivity contribution >= 4 is 10.0 Å². The molecule has 7 heteroatoms. The van der Waals surface area contributed by atoms with Gasteiger partial charge in [-0.15, -0.1) is 6.42 Å². The van der Waals surface area contributed by atoms with Gasteiger partial charge in [0.15, 0.2) is 0 Å². The van der Waals surface area contributed by atoms with E-state index in [2.05, 4.69) is 15.8 Å². The molecule has 1 aromatic heterocycles. The van der Waals surface area contributed by atoms with E-state index in [0.717, 1.165) is 5.56 Å². The molecular formula is C17H20N2O4S. The molecule has 1 heterocycles. The lowest BCUT2D eigenvalue weighted by Gasteiger charge is -2.07. The SMILES string of the molecule is C#CCOc1ccc(CCNS(=O)(=O)Cc2c(C)noc2C)cc1. The maximum atomic E-state index is 12.1. The van der Waals surface area contributed by atoms with Crippen LogP contribution < -0.4 is 9.46 Å². The average molecular weight is 348 g/mol. The van der Waals surface area contributed by atoms with Gasteiger partial charge in [-0.1, -0.05) is 23.2 Å². The van der Waals surface area contributed by atoms with E-state index in [9.17, 15) is 8.42 Å². The van der Waals surface area contributed by atoms with Crippen molar-refractivity contribution in [3.8, 4) is 18.1 Å². The lowest BCUT2D eigenvalue weighted by atomic mass is 10.1. The number of aryl methyl sites for hydroxylation is 2. The van der Waals surface area contributed by atoms with Gasteiger partial charge in [0.05, 0.1) is 11.4 Å². The van der Waals surface area contributed by atoms with E-state index in [4.69, 9.17) is 15.7 Å². The number of hydrogen-bond acceptors (Lipinski definition) is 5. The average Bonchev–Trinajstić information content (AvgIpc) is 2.85. The Kier molecular flexibility index (Phi) is 6.01. The van der Waals surface area contributed by atoms with Crippen LogP contribution in [0.5, 0.6) is 5.75 Å². The topological polar surface area (TPSA) is 81.4 Å². The van der Waals surface area contributed by atoms with Crippen LogP contribution in [0.15, 0.2) is 28.8 Å². The molecule has 0 unspecified atom stereocenters. The van der Waals surface area contributed by atoms with Crippen LogP contribution in [0.1, 0.15) is 22.6 Å². The molecule has 0 aliphatic heterocycles. The van der Waals surface area contributed by atoms with Crippen molar-refractivity contribution in [2.45, 2.75) is 26.0 Å². The number of aromatic nitrogens is 1. The largest absolute Gasteiger partial charge is 0.481 e. The fourth-order valence-electron chi connectivity index (χ4n) is 2.18. The van der Waals surface area contributed by atoms with Gasteiger partial charge in [-0.25, -0.2) is 13.1 Å². The van der Waals surface area contributed by atoms with Crippen molar-refractivity contribution in [2.24, 2.45) is 0 Å². The number of nitrogens with one attached hydrogen (secondary N) is 1. The van der Waals surface area contributed by atoms with Crippen LogP contribution in [0.25, 0.3) is 0 Å². The summed E-state index contributed by atoms with van der Waals surface area (Å²) >= 11 is 0. The Morgan fingerprint density at radius 1 is 1.29 bits per heavy atom. The normalized spacial score (nSPS) is 11.2. The molecule has 0 aliphatic rings. The standard InChI is InChI=1S/C17H20N2O4S/c1-4-11-22-16-7-5-15(6-8-16)9-10-18-24(20,21)12-17-13(2)19-23-14(17)3/h1,5-8,18H,9-12H2,2-3H3. The molecule has 0 saturated carbocycles. The van der Waals surface area contributed by atoms with Crippen LogP contribution in [-0.2, 0) is 22.2 Å². The van der Waals surface area contributed by atoms with Crippen molar-refractivity contribution in [1.29, 1.82) is 0 Å². The van der Waals surface area contributed by atoms with Crippen LogP contribution in [0, 0.1) is 26.2 Å². The Labute approximate surface area is 142 Å². The number of benzene rings is 1. The first-order valence-electron chi connectivity index (χ1n) is 7.45. The van der Waals surface area contributed by atoms with E-state index in [1.165, 1.54) is 0 Å². The van der Waals surface area contributed by atoms with Crippen LogP contribution in [-0.4, -0.2) is 26.7 Å². The lowest BCUT2D eigenvalue weighted by molar-refractivity contribution is 0.370. The van der Waals surface area contributed by atoms with Crippen LogP contribution in [0.4, 0.5) is 0 Å². The molecule has 0 atom stereocenters. The molecule has 6 nitrogen and oxygen atoms in total. The van der Waals surface area contributed by atoms with Gasteiger partial charge in [0.1, 0.15) is 18.1 Å². The zero-order chi connectivity index (χ0) is 17.6. The number of sulfonamides is 1. The minimum Gasteiger partial charge on any atom is -0.481 e. The monoisotopic (exact) mass is 348 g/mol. The van der Waals surface area contributed by atoms with Crippen LogP contribution in [0.3, 0.4) is 0 Å². The number of rotatable bonds is 8. The molecule has 0 bridgehead atoms. The molecule has 2 rings (SSSR count). The highest BCUT2D eigenvalue weighted by Crippen LogP contribution is 2.15. The van der Waals surface area contributed by atoms with Gasteiger partial charge in [0.25, 0.3) is 0 Å². The quantitative estimate of drug-likeness (QED) is 0.738. The molecule has 0 aliphatic carbocycles. The van der Waals surface area contributed by atoms with Crippen molar-refractivity contribution in [1.82, 2.24) is 9.88 Å². The molecular weight excluding hydrogens is 328 g/mol. The first-order chi connectivity index (χ1) is 11.4. The number of nitrogens with zero attached hydrogens (tertiary/aromatic N) is 1. The molecule has 0 saturated heterocycles. The second-order valence-corrected chi connectivity index (χ2v) is 7.15. The Bertz CT molecular complexity index is 798.